The fraction of sp³-hybridized carbons (Fsp3) is 0.143. The van der Waals surface area contributed by atoms with Crippen molar-refractivity contribution in [3.05, 3.63) is 88.1 Å². The van der Waals surface area contributed by atoms with E-state index in [4.69, 9.17) is 14.3 Å². The van der Waals surface area contributed by atoms with Crippen LogP contribution in [-0.2, 0) is 6.61 Å². The zero-order valence-electron chi connectivity index (χ0n) is 15.8. The van der Waals surface area contributed by atoms with Crippen LogP contribution in [0.3, 0.4) is 0 Å². The van der Waals surface area contributed by atoms with Crippen LogP contribution in [0.5, 0.6) is 11.5 Å². The molecule has 3 aromatic rings. The van der Waals surface area contributed by atoms with Gasteiger partial charge in [-0.2, -0.15) is 4.73 Å². The molecule has 0 aliphatic rings. The van der Waals surface area contributed by atoms with E-state index >= 15 is 0 Å². The molecule has 1 amide bonds. The molecular weight excluding hydrogens is 379 g/mol. The number of pyridine rings is 1. The first-order valence-corrected chi connectivity index (χ1v) is 8.64. The molecule has 8 heteroatoms. The number of ether oxygens (including phenoxy) is 2. The topological polar surface area (TPSA) is 78.8 Å². The third-order valence-corrected chi connectivity index (χ3v) is 4.10. The second kappa shape index (κ2) is 8.92. The number of rotatable bonds is 7. The Labute approximate surface area is 166 Å². The Kier molecular flexibility index (Phi) is 6.13. The molecule has 0 radical (unpaired) electrons. The molecule has 3 rings (SSSR count). The molecule has 0 saturated heterocycles. The summed E-state index contributed by atoms with van der Waals surface area (Å²) >= 11 is 0. The lowest BCUT2D eigenvalue weighted by Crippen LogP contribution is -2.32. The van der Waals surface area contributed by atoms with Gasteiger partial charge < -0.3 is 19.6 Å². The third-order valence-electron chi connectivity index (χ3n) is 4.10. The Hall–Kier alpha value is -3.81. The van der Waals surface area contributed by atoms with E-state index in [0.29, 0.717) is 22.7 Å². The highest BCUT2D eigenvalue weighted by atomic mass is 19.1. The number of methoxy groups -OCH3 is 2. The maximum absolute atomic E-state index is 13.0. The molecule has 0 fully saturated rings. The van der Waals surface area contributed by atoms with Gasteiger partial charge in [0.2, 0.25) is 0 Å². The Balaban J connectivity index is 1.79. The van der Waals surface area contributed by atoms with E-state index < -0.39 is 11.5 Å². The van der Waals surface area contributed by atoms with E-state index in [2.05, 4.69) is 5.32 Å². The highest BCUT2D eigenvalue weighted by Crippen LogP contribution is 2.29. The molecule has 0 atom stereocenters. The fourth-order valence-electron chi connectivity index (χ4n) is 2.58. The lowest BCUT2D eigenvalue weighted by Gasteiger charge is -2.13. The van der Waals surface area contributed by atoms with Gasteiger partial charge in [0.1, 0.15) is 29.5 Å². The summed E-state index contributed by atoms with van der Waals surface area (Å²) in [5.41, 5.74) is 0.290. The fourth-order valence-corrected chi connectivity index (χ4v) is 2.58. The molecule has 29 heavy (non-hydrogen) atoms. The molecule has 0 aliphatic heterocycles. The number of aromatic nitrogens is 1. The largest absolute Gasteiger partial charge is 0.497 e. The Bertz CT molecular complexity index is 1060. The van der Waals surface area contributed by atoms with Crippen LogP contribution in [0.2, 0.25) is 0 Å². The van der Waals surface area contributed by atoms with Crippen LogP contribution < -0.4 is 25.2 Å². The van der Waals surface area contributed by atoms with Crippen LogP contribution in [0, 0.1) is 5.82 Å². The molecule has 0 bridgehead atoms. The molecule has 0 aliphatic carbocycles. The summed E-state index contributed by atoms with van der Waals surface area (Å²) < 4.78 is 24.3. The van der Waals surface area contributed by atoms with E-state index in [1.54, 1.807) is 30.3 Å². The number of halogens is 1. The smallest absolute Gasteiger partial charge is 0.295 e. The molecule has 0 unspecified atom stereocenters. The van der Waals surface area contributed by atoms with Gasteiger partial charge in [-0.3, -0.25) is 9.59 Å². The summed E-state index contributed by atoms with van der Waals surface area (Å²) in [6, 6.07) is 13.5. The zero-order chi connectivity index (χ0) is 20.8. The Morgan fingerprint density at radius 1 is 1.07 bits per heavy atom. The zero-order valence-corrected chi connectivity index (χ0v) is 15.8. The van der Waals surface area contributed by atoms with Gasteiger partial charge >= 0.3 is 0 Å². The summed E-state index contributed by atoms with van der Waals surface area (Å²) in [5.74, 6) is -0.0454. The van der Waals surface area contributed by atoms with Gasteiger partial charge in [0.15, 0.2) is 0 Å². The molecule has 0 spiro atoms. The normalized spacial score (nSPS) is 10.3. The van der Waals surface area contributed by atoms with Gasteiger partial charge in [-0.25, -0.2) is 4.39 Å². The van der Waals surface area contributed by atoms with Crippen LogP contribution in [0.15, 0.2) is 65.6 Å². The molecule has 7 nitrogen and oxygen atoms in total. The number of nitrogens with zero attached hydrogens (tertiary/aromatic N) is 1. The Morgan fingerprint density at radius 2 is 1.83 bits per heavy atom. The first-order chi connectivity index (χ1) is 14.0. The average molecular weight is 398 g/mol. The standard InChI is InChI=1S/C21H19FN2O5/c1-27-16-9-10-19(28-2)18(12-16)23-20(25)17-4-3-11-24(21(17)26)29-13-14-5-7-15(22)8-6-14/h3-12H,13H2,1-2H3,(H,23,25). The molecular formula is C21H19FN2O5. The van der Waals surface area contributed by atoms with Crippen LogP contribution >= 0.6 is 0 Å². The summed E-state index contributed by atoms with van der Waals surface area (Å²) in [5, 5.41) is 2.65. The number of carbonyl (C=O) groups is 1. The third kappa shape index (κ3) is 4.73. The number of nitrogens with one attached hydrogen (secondary N) is 1. The maximum atomic E-state index is 13.0. The summed E-state index contributed by atoms with van der Waals surface area (Å²) in [6.07, 6.45) is 1.40. The summed E-state index contributed by atoms with van der Waals surface area (Å²) in [7, 11) is 2.97. The second-order valence-corrected chi connectivity index (χ2v) is 5.97. The minimum atomic E-state index is -0.631. The SMILES string of the molecule is COc1ccc(OC)c(NC(=O)c2cccn(OCc3ccc(F)cc3)c2=O)c1. The van der Waals surface area contributed by atoms with Crippen molar-refractivity contribution < 1.29 is 23.5 Å². The van der Waals surface area contributed by atoms with Crippen LogP contribution in [0.4, 0.5) is 10.1 Å². The average Bonchev–Trinajstić information content (AvgIpc) is 2.74. The highest BCUT2D eigenvalue weighted by molar-refractivity contribution is 6.04. The van der Waals surface area contributed by atoms with Gasteiger partial charge in [-0.05, 0) is 42.0 Å². The van der Waals surface area contributed by atoms with Crippen molar-refractivity contribution in [3.8, 4) is 11.5 Å². The first kappa shape index (κ1) is 19.9. The summed E-state index contributed by atoms with van der Waals surface area (Å²) in [4.78, 5) is 30.7. The second-order valence-electron chi connectivity index (χ2n) is 5.97. The van der Waals surface area contributed by atoms with Crippen molar-refractivity contribution in [2.75, 3.05) is 19.5 Å². The molecule has 1 aromatic heterocycles. The number of carbonyl (C=O) groups excluding carboxylic acids is 1. The van der Waals surface area contributed by atoms with Crippen molar-refractivity contribution in [2.24, 2.45) is 0 Å². The van der Waals surface area contributed by atoms with E-state index in [-0.39, 0.29) is 18.0 Å². The number of amides is 1. The van der Waals surface area contributed by atoms with Crippen LogP contribution in [-0.4, -0.2) is 24.9 Å². The van der Waals surface area contributed by atoms with E-state index in [1.165, 1.54) is 44.7 Å². The maximum Gasteiger partial charge on any atom is 0.295 e. The lowest BCUT2D eigenvalue weighted by atomic mass is 10.2. The van der Waals surface area contributed by atoms with Crippen molar-refractivity contribution in [2.45, 2.75) is 6.61 Å². The first-order valence-electron chi connectivity index (χ1n) is 8.64. The van der Waals surface area contributed by atoms with Gasteiger partial charge in [0.05, 0.1) is 19.9 Å². The lowest BCUT2D eigenvalue weighted by molar-refractivity contribution is 0.0863. The minimum Gasteiger partial charge on any atom is -0.497 e. The number of benzene rings is 2. The van der Waals surface area contributed by atoms with Crippen LogP contribution in [0.25, 0.3) is 0 Å². The van der Waals surface area contributed by atoms with Crippen molar-refractivity contribution in [1.82, 2.24) is 4.73 Å². The van der Waals surface area contributed by atoms with Crippen molar-refractivity contribution >= 4 is 11.6 Å². The minimum absolute atomic E-state index is 0.0367. The van der Waals surface area contributed by atoms with E-state index in [9.17, 15) is 14.0 Å². The summed E-state index contributed by atoms with van der Waals surface area (Å²) in [6.45, 7) is 0.0367. The van der Waals surface area contributed by atoms with E-state index in [0.717, 1.165) is 4.73 Å². The molecule has 1 heterocycles. The number of hydrogen-bond acceptors (Lipinski definition) is 5. The predicted molar refractivity (Wildman–Crippen MR) is 105 cm³/mol. The molecule has 2 aromatic carbocycles. The van der Waals surface area contributed by atoms with Crippen molar-refractivity contribution in [3.63, 3.8) is 0 Å². The monoisotopic (exact) mass is 398 g/mol. The van der Waals surface area contributed by atoms with E-state index in [1.807, 2.05) is 0 Å². The quantitative estimate of drug-likeness (QED) is 0.662. The molecule has 0 saturated carbocycles. The Morgan fingerprint density at radius 3 is 2.52 bits per heavy atom. The van der Waals surface area contributed by atoms with Gasteiger partial charge in [0, 0.05) is 12.3 Å². The number of anilines is 1. The number of hydrogen-bond donors (Lipinski definition) is 1. The van der Waals surface area contributed by atoms with Gasteiger partial charge in [-0.1, -0.05) is 12.1 Å². The molecule has 150 valence electrons. The molecule has 1 N–H and O–H groups in total. The van der Waals surface area contributed by atoms with Gasteiger partial charge in [-0.15, -0.1) is 0 Å². The van der Waals surface area contributed by atoms with Crippen LogP contribution in [0.1, 0.15) is 15.9 Å². The predicted octanol–water partition coefficient (Wildman–Crippen LogP) is 2.89. The highest BCUT2D eigenvalue weighted by Gasteiger charge is 2.16. The van der Waals surface area contributed by atoms with Crippen molar-refractivity contribution in [1.29, 1.82) is 0 Å². The van der Waals surface area contributed by atoms with Gasteiger partial charge in [0.25, 0.3) is 11.5 Å².